The van der Waals surface area contributed by atoms with Gasteiger partial charge in [-0.3, -0.25) is 18.8 Å². The Balaban J connectivity index is 1.48. The van der Waals surface area contributed by atoms with Gasteiger partial charge in [-0.1, -0.05) is 25.7 Å². The summed E-state index contributed by atoms with van der Waals surface area (Å²) < 4.78 is 2.56. The highest BCUT2D eigenvalue weighted by atomic mass is 16.2. The molecule has 25 heavy (non-hydrogen) atoms. The molecule has 2 aliphatic rings. The zero-order valence-electron chi connectivity index (χ0n) is 15.1. The topological polar surface area (TPSA) is 75.9 Å². The van der Waals surface area contributed by atoms with Crippen LogP contribution in [0.3, 0.4) is 0 Å². The molecule has 3 heterocycles. The van der Waals surface area contributed by atoms with Gasteiger partial charge in [-0.15, -0.1) is 0 Å². The fourth-order valence-electron chi connectivity index (χ4n) is 4.63. The number of H-pyrrole nitrogens is 1. The van der Waals surface area contributed by atoms with Crippen molar-refractivity contribution in [3.8, 4) is 0 Å². The molecule has 2 aromatic rings. The molecule has 0 aromatic carbocycles. The number of fused-ring (bicyclic) bond motifs is 1. The minimum atomic E-state index is -0.339. The van der Waals surface area contributed by atoms with Crippen molar-refractivity contribution in [1.29, 1.82) is 0 Å². The summed E-state index contributed by atoms with van der Waals surface area (Å²) in [5.41, 5.74) is 0.219. The molecule has 1 atom stereocenters. The van der Waals surface area contributed by atoms with Crippen LogP contribution in [0.5, 0.6) is 0 Å². The predicted octanol–water partition coefficient (Wildman–Crippen LogP) is 1.36. The van der Waals surface area contributed by atoms with Crippen LogP contribution in [0.1, 0.15) is 44.3 Å². The van der Waals surface area contributed by atoms with Crippen molar-refractivity contribution in [1.82, 2.24) is 24.0 Å². The van der Waals surface area contributed by atoms with Crippen LogP contribution in [0, 0.1) is 11.8 Å². The zero-order valence-corrected chi connectivity index (χ0v) is 15.1. The van der Waals surface area contributed by atoms with Crippen LogP contribution in [-0.2, 0) is 20.6 Å². The average Bonchev–Trinajstić information content (AvgIpc) is 3.33. The molecule has 4 rings (SSSR count). The lowest BCUT2D eigenvalue weighted by Gasteiger charge is -2.17. The lowest BCUT2D eigenvalue weighted by atomic mass is 9.93. The largest absolute Gasteiger partial charge is 0.335 e. The van der Waals surface area contributed by atoms with Crippen molar-refractivity contribution in [2.75, 3.05) is 13.1 Å². The van der Waals surface area contributed by atoms with E-state index in [0.717, 1.165) is 35.3 Å². The molecular formula is C18H27N5O2. The molecule has 7 heteroatoms. The fourth-order valence-corrected chi connectivity index (χ4v) is 4.63. The number of aryl methyl sites for hydroxylation is 1. The summed E-state index contributed by atoms with van der Waals surface area (Å²) in [6.45, 7) is 2.92. The van der Waals surface area contributed by atoms with Crippen LogP contribution >= 0.6 is 0 Å². The minimum absolute atomic E-state index is 0.308. The third-order valence-corrected chi connectivity index (χ3v) is 6.03. The Labute approximate surface area is 146 Å². The summed E-state index contributed by atoms with van der Waals surface area (Å²) in [5.74, 6) is 2.51. The van der Waals surface area contributed by atoms with Gasteiger partial charge in [0, 0.05) is 20.6 Å². The second-order valence-corrected chi connectivity index (χ2v) is 7.86. The van der Waals surface area contributed by atoms with Crippen molar-refractivity contribution < 1.29 is 0 Å². The molecule has 0 spiro atoms. The molecule has 7 nitrogen and oxygen atoms in total. The SMILES string of the molecule is Cn1c(=O)c2[nH]c(CN3CCC(CC4CCCC4)C3)nc2n(C)c1=O. The highest BCUT2D eigenvalue weighted by Crippen LogP contribution is 2.33. The summed E-state index contributed by atoms with van der Waals surface area (Å²) in [5, 5.41) is 0. The van der Waals surface area contributed by atoms with Gasteiger partial charge < -0.3 is 4.98 Å². The third kappa shape index (κ3) is 3.05. The Hall–Kier alpha value is -1.89. The van der Waals surface area contributed by atoms with E-state index in [0.29, 0.717) is 17.7 Å². The molecule has 2 aromatic heterocycles. The molecule has 0 amide bonds. The molecule has 1 aliphatic carbocycles. The number of rotatable bonds is 4. The first kappa shape index (κ1) is 16.6. The monoisotopic (exact) mass is 345 g/mol. The van der Waals surface area contributed by atoms with E-state index in [4.69, 9.17) is 0 Å². The zero-order chi connectivity index (χ0) is 17.6. The van der Waals surface area contributed by atoms with Crippen molar-refractivity contribution in [3.05, 3.63) is 26.7 Å². The first-order chi connectivity index (χ1) is 12.0. The Morgan fingerprint density at radius 3 is 2.60 bits per heavy atom. The molecule has 2 fully saturated rings. The molecule has 0 radical (unpaired) electrons. The number of imidazole rings is 1. The molecule has 0 bridgehead atoms. The quantitative estimate of drug-likeness (QED) is 0.908. The average molecular weight is 345 g/mol. The molecule has 136 valence electrons. The number of nitrogens with zero attached hydrogens (tertiary/aromatic N) is 4. The highest BCUT2D eigenvalue weighted by molar-refractivity contribution is 5.69. The van der Waals surface area contributed by atoms with Crippen LogP contribution in [0.4, 0.5) is 0 Å². The molecule has 1 saturated carbocycles. The summed E-state index contributed by atoms with van der Waals surface area (Å²) in [4.78, 5) is 34.4. The first-order valence-corrected chi connectivity index (χ1v) is 9.40. The lowest BCUT2D eigenvalue weighted by molar-refractivity contribution is 0.294. The van der Waals surface area contributed by atoms with Gasteiger partial charge in [0.2, 0.25) is 0 Å². The van der Waals surface area contributed by atoms with Gasteiger partial charge >= 0.3 is 5.69 Å². The van der Waals surface area contributed by atoms with E-state index in [9.17, 15) is 9.59 Å². The van der Waals surface area contributed by atoms with E-state index in [2.05, 4.69) is 14.9 Å². The highest BCUT2D eigenvalue weighted by Gasteiger charge is 2.27. The van der Waals surface area contributed by atoms with Gasteiger partial charge in [0.25, 0.3) is 5.56 Å². The van der Waals surface area contributed by atoms with E-state index in [1.165, 1.54) is 50.1 Å². The second-order valence-electron chi connectivity index (χ2n) is 7.86. The molecule has 1 unspecified atom stereocenters. The van der Waals surface area contributed by atoms with Gasteiger partial charge in [-0.25, -0.2) is 9.78 Å². The van der Waals surface area contributed by atoms with E-state index in [1.54, 1.807) is 7.05 Å². The van der Waals surface area contributed by atoms with Gasteiger partial charge in [0.1, 0.15) is 11.3 Å². The summed E-state index contributed by atoms with van der Waals surface area (Å²) >= 11 is 0. The van der Waals surface area contributed by atoms with Gasteiger partial charge in [-0.2, -0.15) is 0 Å². The molecule has 1 N–H and O–H groups in total. The first-order valence-electron chi connectivity index (χ1n) is 9.40. The standard InChI is InChI=1S/C18H27N5O2/c1-21-16-15(17(24)22(2)18(21)25)19-14(20-16)11-23-8-7-13(10-23)9-12-5-3-4-6-12/h12-13H,3-11H2,1-2H3,(H,19,20). The summed E-state index contributed by atoms with van der Waals surface area (Å²) in [6, 6.07) is 0. The number of aromatic nitrogens is 4. The third-order valence-electron chi connectivity index (χ3n) is 6.03. The smallest absolute Gasteiger partial charge is 0.332 e. The van der Waals surface area contributed by atoms with Crippen molar-refractivity contribution >= 4 is 11.2 Å². The van der Waals surface area contributed by atoms with Crippen LogP contribution in [0.2, 0.25) is 0 Å². The molecular weight excluding hydrogens is 318 g/mol. The van der Waals surface area contributed by atoms with Crippen LogP contribution < -0.4 is 11.2 Å². The normalized spacial score (nSPS) is 22.4. The number of likely N-dealkylation sites (tertiary alicyclic amines) is 1. The maximum absolute atomic E-state index is 12.3. The number of aromatic amines is 1. The van der Waals surface area contributed by atoms with E-state index in [1.807, 2.05) is 0 Å². The Bertz CT molecular complexity index is 887. The van der Waals surface area contributed by atoms with Crippen LogP contribution in [0.15, 0.2) is 9.59 Å². The van der Waals surface area contributed by atoms with Crippen molar-refractivity contribution in [2.45, 2.75) is 45.1 Å². The van der Waals surface area contributed by atoms with Crippen molar-refractivity contribution in [2.24, 2.45) is 25.9 Å². The predicted molar refractivity (Wildman–Crippen MR) is 96.5 cm³/mol. The van der Waals surface area contributed by atoms with Gasteiger partial charge in [0.05, 0.1) is 6.54 Å². The Kier molecular flexibility index (Phi) is 4.27. The summed E-state index contributed by atoms with van der Waals surface area (Å²) in [6.07, 6.45) is 8.28. The Morgan fingerprint density at radius 1 is 1.08 bits per heavy atom. The van der Waals surface area contributed by atoms with Gasteiger partial charge in [0.15, 0.2) is 5.65 Å². The van der Waals surface area contributed by atoms with E-state index < -0.39 is 0 Å². The van der Waals surface area contributed by atoms with Gasteiger partial charge in [-0.05, 0) is 31.2 Å². The lowest BCUT2D eigenvalue weighted by Crippen LogP contribution is -2.36. The number of hydrogen-bond acceptors (Lipinski definition) is 4. The molecule has 1 saturated heterocycles. The fraction of sp³-hybridized carbons (Fsp3) is 0.722. The minimum Gasteiger partial charge on any atom is -0.335 e. The molecule has 1 aliphatic heterocycles. The van der Waals surface area contributed by atoms with Crippen molar-refractivity contribution in [3.63, 3.8) is 0 Å². The summed E-state index contributed by atoms with van der Waals surface area (Å²) in [7, 11) is 3.15. The maximum Gasteiger partial charge on any atom is 0.332 e. The number of hydrogen-bond donors (Lipinski definition) is 1. The van der Waals surface area contributed by atoms with Crippen LogP contribution in [-0.4, -0.2) is 37.1 Å². The number of nitrogens with one attached hydrogen (secondary N) is 1. The maximum atomic E-state index is 12.3. The van der Waals surface area contributed by atoms with E-state index >= 15 is 0 Å². The van der Waals surface area contributed by atoms with Crippen LogP contribution in [0.25, 0.3) is 11.2 Å². The second kappa shape index (κ2) is 6.44. The Morgan fingerprint density at radius 2 is 1.84 bits per heavy atom. The van der Waals surface area contributed by atoms with E-state index in [-0.39, 0.29) is 11.2 Å².